The minimum absolute atomic E-state index is 0.0108. The van der Waals surface area contributed by atoms with Gasteiger partial charge in [-0.2, -0.15) is 0 Å². The molecular formula is C15H26O2. The van der Waals surface area contributed by atoms with E-state index in [-0.39, 0.29) is 5.60 Å². The lowest BCUT2D eigenvalue weighted by atomic mass is 9.79. The Kier molecular flexibility index (Phi) is 4.26. The largest absolute Gasteiger partial charge is 0.376 e. The fraction of sp³-hybridized carbons (Fsp3) is 0.867. The molecule has 0 radical (unpaired) electrons. The molecule has 1 saturated heterocycles. The summed E-state index contributed by atoms with van der Waals surface area (Å²) >= 11 is 0. The van der Waals surface area contributed by atoms with Crippen LogP contribution < -0.4 is 0 Å². The molecule has 1 aliphatic carbocycles. The Morgan fingerprint density at radius 2 is 2.24 bits per heavy atom. The lowest BCUT2D eigenvalue weighted by Crippen LogP contribution is -2.37. The number of allylic oxidation sites excluding steroid dienone is 2. The van der Waals surface area contributed by atoms with Crippen molar-refractivity contribution in [1.29, 1.82) is 0 Å². The smallest absolute Gasteiger partial charge is 0.0809 e. The van der Waals surface area contributed by atoms with Gasteiger partial charge in [-0.3, -0.25) is 0 Å². The van der Waals surface area contributed by atoms with Gasteiger partial charge in [-0.25, -0.2) is 0 Å². The van der Waals surface area contributed by atoms with E-state index in [0.29, 0.717) is 12.0 Å². The number of ether oxygens (including phenoxy) is 2. The Hall–Kier alpha value is -0.340. The van der Waals surface area contributed by atoms with Crippen LogP contribution in [0.4, 0.5) is 0 Å². The third kappa shape index (κ3) is 3.56. The van der Waals surface area contributed by atoms with Crippen LogP contribution in [0.3, 0.4) is 0 Å². The lowest BCUT2D eigenvalue weighted by molar-refractivity contribution is -0.0962. The van der Waals surface area contributed by atoms with Gasteiger partial charge < -0.3 is 9.47 Å². The highest BCUT2D eigenvalue weighted by molar-refractivity contribution is 5.05. The summed E-state index contributed by atoms with van der Waals surface area (Å²) < 4.78 is 11.7. The molecule has 0 spiro atoms. The molecule has 0 aromatic rings. The summed E-state index contributed by atoms with van der Waals surface area (Å²) in [6.07, 6.45) is 8.75. The first-order chi connectivity index (χ1) is 8.08. The van der Waals surface area contributed by atoms with Crippen molar-refractivity contribution < 1.29 is 9.47 Å². The SMILES string of the molecule is CC1=CCC(C(C)(C)OCC2CCCO2)CC1. The lowest BCUT2D eigenvalue weighted by Gasteiger charge is -2.36. The molecule has 1 heterocycles. The van der Waals surface area contributed by atoms with Crippen LogP contribution in [0.2, 0.25) is 0 Å². The normalized spacial score (nSPS) is 30.4. The highest BCUT2D eigenvalue weighted by atomic mass is 16.5. The highest BCUT2D eigenvalue weighted by Crippen LogP contribution is 2.34. The number of hydrogen-bond donors (Lipinski definition) is 0. The van der Waals surface area contributed by atoms with Crippen LogP contribution in [0.1, 0.15) is 52.9 Å². The van der Waals surface area contributed by atoms with Gasteiger partial charge in [0.15, 0.2) is 0 Å². The topological polar surface area (TPSA) is 18.5 Å². The van der Waals surface area contributed by atoms with Crippen molar-refractivity contribution in [3.8, 4) is 0 Å². The van der Waals surface area contributed by atoms with E-state index in [1.54, 1.807) is 0 Å². The Morgan fingerprint density at radius 1 is 1.41 bits per heavy atom. The number of rotatable bonds is 4. The molecule has 0 amide bonds. The zero-order chi connectivity index (χ0) is 12.3. The highest BCUT2D eigenvalue weighted by Gasteiger charge is 2.32. The average Bonchev–Trinajstić information content (AvgIpc) is 2.80. The maximum absolute atomic E-state index is 6.13. The second-order valence-electron chi connectivity index (χ2n) is 6.07. The molecule has 2 unspecified atom stereocenters. The summed E-state index contributed by atoms with van der Waals surface area (Å²) in [5.74, 6) is 0.660. The van der Waals surface area contributed by atoms with Crippen molar-refractivity contribution in [1.82, 2.24) is 0 Å². The van der Waals surface area contributed by atoms with Crippen molar-refractivity contribution in [3.63, 3.8) is 0 Å². The molecular weight excluding hydrogens is 212 g/mol. The standard InChI is InChI=1S/C15H26O2/c1-12-6-8-13(9-7-12)15(2,3)17-11-14-5-4-10-16-14/h6,13-14H,4-5,7-11H2,1-3H3. The van der Waals surface area contributed by atoms with Crippen LogP contribution in [0.25, 0.3) is 0 Å². The van der Waals surface area contributed by atoms with Gasteiger partial charge in [-0.15, -0.1) is 0 Å². The van der Waals surface area contributed by atoms with Gasteiger partial charge in [-0.05, 0) is 58.8 Å². The summed E-state index contributed by atoms with van der Waals surface area (Å²) in [7, 11) is 0. The van der Waals surface area contributed by atoms with Crippen LogP contribution in [0.15, 0.2) is 11.6 Å². The molecule has 2 atom stereocenters. The van der Waals surface area contributed by atoms with E-state index in [4.69, 9.17) is 9.47 Å². The monoisotopic (exact) mass is 238 g/mol. The molecule has 0 aromatic carbocycles. The van der Waals surface area contributed by atoms with E-state index in [2.05, 4.69) is 26.8 Å². The summed E-state index contributed by atoms with van der Waals surface area (Å²) in [5, 5.41) is 0. The molecule has 17 heavy (non-hydrogen) atoms. The van der Waals surface area contributed by atoms with Crippen molar-refractivity contribution in [2.24, 2.45) is 5.92 Å². The van der Waals surface area contributed by atoms with E-state index in [0.717, 1.165) is 13.2 Å². The van der Waals surface area contributed by atoms with E-state index in [9.17, 15) is 0 Å². The third-order valence-electron chi connectivity index (χ3n) is 4.29. The van der Waals surface area contributed by atoms with Gasteiger partial charge in [0.2, 0.25) is 0 Å². The molecule has 0 saturated carbocycles. The van der Waals surface area contributed by atoms with Gasteiger partial charge >= 0.3 is 0 Å². The zero-order valence-electron chi connectivity index (χ0n) is 11.5. The first-order valence-electron chi connectivity index (χ1n) is 6.99. The summed E-state index contributed by atoms with van der Waals surface area (Å²) in [6, 6.07) is 0. The molecule has 2 aliphatic rings. The minimum Gasteiger partial charge on any atom is -0.376 e. The van der Waals surface area contributed by atoms with Crippen molar-refractivity contribution in [2.45, 2.75) is 64.6 Å². The molecule has 2 rings (SSSR count). The Bertz CT molecular complexity index is 275. The van der Waals surface area contributed by atoms with Crippen LogP contribution >= 0.6 is 0 Å². The van der Waals surface area contributed by atoms with Gasteiger partial charge in [0.25, 0.3) is 0 Å². The van der Waals surface area contributed by atoms with Crippen LogP contribution in [-0.2, 0) is 9.47 Å². The maximum Gasteiger partial charge on any atom is 0.0809 e. The Morgan fingerprint density at radius 3 is 2.82 bits per heavy atom. The first-order valence-corrected chi connectivity index (χ1v) is 6.99. The number of hydrogen-bond acceptors (Lipinski definition) is 2. The fourth-order valence-electron chi connectivity index (χ4n) is 2.80. The van der Waals surface area contributed by atoms with Crippen molar-refractivity contribution in [3.05, 3.63) is 11.6 Å². The second kappa shape index (κ2) is 5.53. The van der Waals surface area contributed by atoms with Gasteiger partial charge in [0.1, 0.15) is 0 Å². The van der Waals surface area contributed by atoms with E-state index >= 15 is 0 Å². The maximum atomic E-state index is 6.13. The van der Waals surface area contributed by atoms with Gasteiger partial charge in [0, 0.05) is 6.61 Å². The first kappa shape index (κ1) is 13.1. The minimum atomic E-state index is -0.0108. The predicted octanol–water partition coefficient (Wildman–Crippen LogP) is 3.71. The zero-order valence-corrected chi connectivity index (χ0v) is 11.5. The summed E-state index contributed by atoms with van der Waals surface area (Å²) in [4.78, 5) is 0. The molecule has 2 heteroatoms. The third-order valence-corrected chi connectivity index (χ3v) is 4.29. The van der Waals surface area contributed by atoms with Gasteiger partial charge in [0.05, 0.1) is 18.3 Å². The summed E-state index contributed by atoms with van der Waals surface area (Å²) in [5.41, 5.74) is 1.53. The van der Waals surface area contributed by atoms with Gasteiger partial charge in [-0.1, -0.05) is 11.6 Å². The molecule has 98 valence electrons. The van der Waals surface area contributed by atoms with E-state index < -0.39 is 0 Å². The fourth-order valence-corrected chi connectivity index (χ4v) is 2.80. The second-order valence-corrected chi connectivity index (χ2v) is 6.07. The van der Waals surface area contributed by atoms with Crippen LogP contribution in [0, 0.1) is 5.92 Å². The summed E-state index contributed by atoms with van der Waals surface area (Å²) in [6.45, 7) is 8.39. The molecule has 0 N–H and O–H groups in total. The van der Waals surface area contributed by atoms with Crippen LogP contribution in [0.5, 0.6) is 0 Å². The molecule has 1 fully saturated rings. The van der Waals surface area contributed by atoms with Crippen molar-refractivity contribution >= 4 is 0 Å². The predicted molar refractivity (Wildman–Crippen MR) is 70.1 cm³/mol. The average molecular weight is 238 g/mol. The Balaban J connectivity index is 1.80. The van der Waals surface area contributed by atoms with Crippen LogP contribution in [-0.4, -0.2) is 24.9 Å². The molecule has 0 bridgehead atoms. The van der Waals surface area contributed by atoms with Crippen molar-refractivity contribution in [2.75, 3.05) is 13.2 Å². The van der Waals surface area contributed by atoms with E-state index in [1.165, 1.54) is 37.7 Å². The molecule has 0 aromatic heterocycles. The molecule has 1 aliphatic heterocycles. The molecule has 2 nitrogen and oxygen atoms in total. The Labute approximate surface area is 105 Å². The quantitative estimate of drug-likeness (QED) is 0.695. The van der Waals surface area contributed by atoms with E-state index in [1.807, 2.05) is 0 Å².